The van der Waals surface area contributed by atoms with Crippen molar-refractivity contribution in [1.82, 2.24) is 14.7 Å². The number of halogens is 2. The fraction of sp³-hybridized carbons (Fsp3) is 0.200. The van der Waals surface area contributed by atoms with Crippen LogP contribution in [0.5, 0.6) is 0 Å². The summed E-state index contributed by atoms with van der Waals surface area (Å²) in [5.41, 5.74) is 4.41. The fourth-order valence-electron chi connectivity index (χ4n) is 3.23. The number of carbonyl (C=O) groups is 1. The second-order valence-electron chi connectivity index (χ2n) is 6.50. The third-order valence-corrected chi connectivity index (χ3v) is 5.19. The lowest BCUT2D eigenvalue weighted by molar-refractivity contribution is 0.0748. The molecule has 0 atom stereocenters. The molecular formula is C20H17ClFN3O. The van der Waals surface area contributed by atoms with Crippen molar-refractivity contribution in [3.05, 3.63) is 87.4 Å². The third kappa shape index (κ3) is 2.99. The van der Waals surface area contributed by atoms with Gasteiger partial charge in [-0.15, -0.1) is 0 Å². The summed E-state index contributed by atoms with van der Waals surface area (Å²) < 4.78 is 14.9. The summed E-state index contributed by atoms with van der Waals surface area (Å²) in [6.45, 7) is 3.43. The monoisotopic (exact) mass is 369 g/mol. The molecule has 6 heteroatoms. The first-order valence-electron chi connectivity index (χ1n) is 8.35. The van der Waals surface area contributed by atoms with Gasteiger partial charge in [-0.3, -0.25) is 9.48 Å². The van der Waals surface area contributed by atoms with Gasteiger partial charge in [-0.05, 0) is 36.2 Å². The SMILES string of the molecule is Cc1cccc(C(=O)N2Cc3cnn(Cc4ccc(F)cc4)c3C2)c1Cl. The Morgan fingerprint density at radius 3 is 2.73 bits per heavy atom. The van der Waals surface area contributed by atoms with Gasteiger partial charge in [0.25, 0.3) is 5.91 Å². The van der Waals surface area contributed by atoms with E-state index in [0.29, 0.717) is 30.2 Å². The Morgan fingerprint density at radius 2 is 1.96 bits per heavy atom. The van der Waals surface area contributed by atoms with Crippen molar-refractivity contribution in [2.75, 3.05) is 0 Å². The van der Waals surface area contributed by atoms with E-state index in [9.17, 15) is 9.18 Å². The number of hydrogen-bond donors (Lipinski definition) is 0. The van der Waals surface area contributed by atoms with Crippen LogP contribution < -0.4 is 0 Å². The minimum Gasteiger partial charge on any atom is -0.328 e. The number of aromatic nitrogens is 2. The Hall–Kier alpha value is -2.66. The van der Waals surface area contributed by atoms with Crippen molar-refractivity contribution in [1.29, 1.82) is 0 Å². The largest absolute Gasteiger partial charge is 0.328 e. The first kappa shape index (κ1) is 16.8. The lowest BCUT2D eigenvalue weighted by atomic mass is 10.1. The van der Waals surface area contributed by atoms with Gasteiger partial charge in [-0.25, -0.2) is 4.39 Å². The highest BCUT2D eigenvalue weighted by molar-refractivity contribution is 6.34. The van der Waals surface area contributed by atoms with Gasteiger partial charge in [-0.1, -0.05) is 35.9 Å². The van der Waals surface area contributed by atoms with Crippen LogP contribution in [-0.4, -0.2) is 20.6 Å². The topological polar surface area (TPSA) is 38.1 Å². The van der Waals surface area contributed by atoms with E-state index in [0.717, 1.165) is 22.4 Å². The third-order valence-electron chi connectivity index (χ3n) is 4.69. The average Bonchev–Trinajstić information content (AvgIpc) is 3.21. The van der Waals surface area contributed by atoms with Gasteiger partial charge in [0.2, 0.25) is 0 Å². The van der Waals surface area contributed by atoms with Crippen molar-refractivity contribution < 1.29 is 9.18 Å². The summed E-state index contributed by atoms with van der Waals surface area (Å²) in [7, 11) is 0. The number of rotatable bonds is 3. The van der Waals surface area contributed by atoms with Crippen molar-refractivity contribution in [3.8, 4) is 0 Å². The van der Waals surface area contributed by atoms with Crippen LogP contribution in [-0.2, 0) is 19.6 Å². The molecule has 0 fully saturated rings. The number of nitrogens with zero attached hydrogens (tertiary/aromatic N) is 3. The normalized spacial score (nSPS) is 13.1. The summed E-state index contributed by atoms with van der Waals surface area (Å²) in [6.07, 6.45) is 1.80. The van der Waals surface area contributed by atoms with Crippen LogP contribution in [0.2, 0.25) is 5.02 Å². The first-order chi connectivity index (χ1) is 12.5. The standard InChI is InChI=1S/C20H17ClFN3O/c1-13-3-2-4-17(19(13)21)20(26)24-11-15-9-23-25(18(15)12-24)10-14-5-7-16(22)8-6-14/h2-9H,10-12H2,1H3. The molecule has 2 heterocycles. The van der Waals surface area contributed by atoms with Crippen LogP contribution in [0.4, 0.5) is 4.39 Å². The number of amides is 1. The maximum absolute atomic E-state index is 13.1. The van der Waals surface area contributed by atoms with E-state index < -0.39 is 0 Å². The summed E-state index contributed by atoms with van der Waals surface area (Å²) in [5, 5.41) is 4.91. The van der Waals surface area contributed by atoms with E-state index in [2.05, 4.69) is 5.10 Å². The number of aryl methyl sites for hydroxylation is 1. The molecule has 4 rings (SSSR count). The van der Waals surface area contributed by atoms with Crippen LogP contribution >= 0.6 is 11.6 Å². The van der Waals surface area contributed by atoms with E-state index in [-0.39, 0.29) is 11.7 Å². The number of fused-ring (bicyclic) bond motifs is 1. The van der Waals surface area contributed by atoms with Crippen LogP contribution in [0.3, 0.4) is 0 Å². The lowest BCUT2D eigenvalue weighted by Crippen LogP contribution is -2.26. The molecule has 0 saturated heterocycles. The number of carbonyl (C=O) groups excluding carboxylic acids is 1. The van der Waals surface area contributed by atoms with Crippen LogP contribution in [0.1, 0.15) is 32.7 Å². The molecule has 26 heavy (non-hydrogen) atoms. The van der Waals surface area contributed by atoms with Gasteiger partial charge in [0.05, 0.1) is 35.6 Å². The second-order valence-corrected chi connectivity index (χ2v) is 6.88. The highest BCUT2D eigenvalue weighted by atomic mass is 35.5. The van der Waals surface area contributed by atoms with Gasteiger partial charge >= 0.3 is 0 Å². The van der Waals surface area contributed by atoms with Crippen molar-refractivity contribution in [3.63, 3.8) is 0 Å². The first-order valence-corrected chi connectivity index (χ1v) is 8.73. The van der Waals surface area contributed by atoms with Crippen LogP contribution in [0, 0.1) is 12.7 Å². The Labute approximate surface area is 155 Å². The highest BCUT2D eigenvalue weighted by Gasteiger charge is 2.29. The molecule has 0 N–H and O–H groups in total. The van der Waals surface area contributed by atoms with E-state index >= 15 is 0 Å². The molecule has 1 aliphatic rings. The van der Waals surface area contributed by atoms with Gasteiger partial charge < -0.3 is 4.90 Å². The van der Waals surface area contributed by atoms with E-state index in [1.54, 1.807) is 29.3 Å². The van der Waals surface area contributed by atoms with E-state index in [1.165, 1.54) is 12.1 Å². The van der Waals surface area contributed by atoms with Crippen molar-refractivity contribution >= 4 is 17.5 Å². The Kier molecular flexibility index (Phi) is 4.24. The minimum absolute atomic E-state index is 0.0803. The smallest absolute Gasteiger partial charge is 0.256 e. The van der Waals surface area contributed by atoms with E-state index in [4.69, 9.17) is 11.6 Å². The Balaban J connectivity index is 1.54. The fourth-order valence-corrected chi connectivity index (χ4v) is 3.44. The molecule has 3 aromatic rings. The summed E-state index contributed by atoms with van der Waals surface area (Å²) in [4.78, 5) is 14.6. The molecule has 132 valence electrons. The lowest BCUT2D eigenvalue weighted by Gasteiger charge is -2.17. The molecule has 4 nitrogen and oxygen atoms in total. The molecule has 0 aliphatic carbocycles. The summed E-state index contributed by atoms with van der Waals surface area (Å²) in [6, 6.07) is 11.8. The highest BCUT2D eigenvalue weighted by Crippen LogP contribution is 2.28. The van der Waals surface area contributed by atoms with Crippen LogP contribution in [0.25, 0.3) is 0 Å². The maximum atomic E-state index is 13.1. The number of benzene rings is 2. The predicted molar refractivity (Wildman–Crippen MR) is 97.5 cm³/mol. The Morgan fingerprint density at radius 1 is 1.19 bits per heavy atom. The maximum Gasteiger partial charge on any atom is 0.256 e. The quantitative estimate of drug-likeness (QED) is 0.694. The molecule has 1 amide bonds. The van der Waals surface area contributed by atoms with Gasteiger partial charge in [-0.2, -0.15) is 5.10 Å². The van der Waals surface area contributed by atoms with E-state index in [1.807, 2.05) is 23.7 Å². The molecule has 2 aromatic carbocycles. The predicted octanol–water partition coefficient (Wildman–Crippen LogP) is 4.19. The number of hydrogen-bond acceptors (Lipinski definition) is 2. The summed E-state index contributed by atoms with van der Waals surface area (Å²) in [5.74, 6) is -0.338. The molecule has 1 aliphatic heterocycles. The van der Waals surface area contributed by atoms with Gasteiger partial charge in [0, 0.05) is 12.1 Å². The molecular weight excluding hydrogens is 353 g/mol. The zero-order valence-corrected chi connectivity index (χ0v) is 15.0. The van der Waals surface area contributed by atoms with Crippen LogP contribution in [0.15, 0.2) is 48.7 Å². The minimum atomic E-state index is -0.258. The van der Waals surface area contributed by atoms with Gasteiger partial charge in [0.15, 0.2) is 0 Å². The zero-order chi connectivity index (χ0) is 18.3. The molecule has 0 radical (unpaired) electrons. The summed E-state index contributed by atoms with van der Waals surface area (Å²) >= 11 is 6.31. The molecule has 0 spiro atoms. The second kappa shape index (κ2) is 6.57. The molecule has 0 bridgehead atoms. The molecule has 0 unspecified atom stereocenters. The van der Waals surface area contributed by atoms with Crippen molar-refractivity contribution in [2.45, 2.75) is 26.6 Å². The Bertz CT molecular complexity index is 981. The van der Waals surface area contributed by atoms with Gasteiger partial charge in [0.1, 0.15) is 5.82 Å². The average molecular weight is 370 g/mol. The molecule has 1 aromatic heterocycles. The zero-order valence-electron chi connectivity index (χ0n) is 14.2. The van der Waals surface area contributed by atoms with Crippen molar-refractivity contribution in [2.24, 2.45) is 0 Å². The molecule has 0 saturated carbocycles.